The van der Waals surface area contributed by atoms with E-state index in [1.807, 2.05) is 13.8 Å². The quantitative estimate of drug-likeness (QED) is 0.635. The van der Waals surface area contributed by atoms with Gasteiger partial charge in [0.05, 0.1) is 23.9 Å². The molecule has 0 radical (unpaired) electrons. The fourth-order valence-corrected chi connectivity index (χ4v) is 3.02. The Kier molecular flexibility index (Phi) is 6.12. The summed E-state index contributed by atoms with van der Waals surface area (Å²) in [7, 11) is 0. The van der Waals surface area contributed by atoms with Crippen LogP contribution in [-0.2, 0) is 6.61 Å². The largest absolute Gasteiger partial charge is 0.485 e. The normalized spacial score (nSPS) is 12.4. The number of aliphatic hydroxyl groups excluding tert-OH is 1. The lowest BCUT2D eigenvalue weighted by Gasteiger charge is -2.19. The molecule has 0 fully saturated rings. The van der Waals surface area contributed by atoms with Gasteiger partial charge in [-0.25, -0.2) is 13.8 Å². The second-order valence-corrected chi connectivity index (χ2v) is 7.11. The van der Waals surface area contributed by atoms with Crippen molar-refractivity contribution in [1.29, 1.82) is 0 Å². The number of pyridine rings is 1. The Bertz CT molecular complexity index is 1010. The maximum atomic E-state index is 13.8. The summed E-state index contributed by atoms with van der Waals surface area (Å²) >= 11 is 0. The highest BCUT2D eigenvalue weighted by molar-refractivity contribution is 5.95. The van der Waals surface area contributed by atoms with E-state index >= 15 is 0 Å². The highest BCUT2D eigenvalue weighted by Crippen LogP contribution is 2.24. The van der Waals surface area contributed by atoms with Gasteiger partial charge in [-0.3, -0.25) is 9.20 Å². The first-order valence-electron chi connectivity index (χ1n) is 9.28. The summed E-state index contributed by atoms with van der Waals surface area (Å²) in [5, 5.41) is 12.3. The van der Waals surface area contributed by atoms with E-state index in [0.717, 1.165) is 12.1 Å². The van der Waals surface area contributed by atoms with E-state index in [9.17, 15) is 18.7 Å². The molecule has 1 unspecified atom stereocenters. The minimum atomic E-state index is -0.694. The van der Waals surface area contributed by atoms with Crippen molar-refractivity contribution < 1.29 is 23.4 Å². The molecule has 154 valence electrons. The Labute approximate surface area is 167 Å². The zero-order chi connectivity index (χ0) is 21.1. The van der Waals surface area contributed by atoms with E-state index < -0.39 is 17.7 Å². The maximum Gasteiger partial charge on any atom is 0.270 e. The highest BCUT2D eigenvalue weighted by Gasteiger charge is 2.22. The number of aryl methyl sites for hydroxylation is 1. The molecule has 1 atom stereocenters. The molecule has 8 heteroatoms. The van der Waals surface area contributed by atoms with Crippen molar-refractivity contribution in [2.24, 2.45) is 5.92 Å². The molecule has 1 aromatic carbocycles. The van der Waals surface area contributed by atoms with Gasteiger partial charge in [0.2, 0.25) is 0 Å². The summed E-state index contributed by atoms with van der Waals surface area (Å²) in [6.07, 6.45) is 1.66. The summed E-state index contributed by atoms with van der Waals surface area (Å²) in [4.78, 5) is 17.2. The molecule has 3 aromatic rings. The van der Waals surface area contributed by atoms with Gasteiger partial charge >= 0.3 is 0 Å². The van der Waals surface area contributed by atoms with Gasteiger partial charge in [-0.2, -0.15) is 0 Å². The molecule has 0 saturated heterocycles. The van der Waals surface area contributed by atoms with Crippen molar-refractivity contribution >= 4 is 11.6 Å². The van der Waals surface area contributed by atoms with Crippen molar-refractivity contribution in [2.75, 3.05) is 6.61 Å². The number of hydrogen-bond acceptors (Lipinski definition) is 4. The third-order valence-electron chi connectivity index (χ3n) is 4.76. The predicted octanol–water partition coefficient (Wildman–Crippen LogP) is 3.25. The lowest BCUT2D eigenvalue weighted by atomic mass is 10.1. The summed E-state index contributed by atoms with van der Waals surface area (Å²) in [5.41, 5.74) is 0.952. The van der Waals surface area contributed by atoms with Crippen LogP contribution in [0.2, 0.25) is 0 Å². The average Bonchev–Trinajstić information content (AvgIpc) is 3.02. The number of imidazole rings is 1. The number of aromatic nitrogens is 2. The zero-order valence-corrected chi connectivity index (χ0v) is 16.4. The number of carbonyl (C=O) groups is 1. The SMILES string of the molecule is Cc1nc2c(OCc3c(F)cccc3F)cccn2c1C(=O)NC(CO)C(C)C. The third kappa shape index (κ3) is 4.22. The van der Waals surface area contributed by atoms with Crippen LogP contribution in [0.25, 0.3) is 5.65 Å². The summed E-state index contributed by atoms with van der Waals surface area (Å²) in [6.45, 7) is 4.99. The molecule has 0 saturated carbocycles. The maximum absolute atomic E-state index is 13.8. The fourth-order valence-electron chi connectivity index (χ4n) is 3.02. The van der Waals surface area contributed by atoms with Gasteiger partial charge in [0.25, 0.3) is 5.91 Å². The number of halogens is 2. The van der Waals surface area contributed by atoms with Gasteiger partial charge in [0, 0.05) is 6.20 Å². The Hall–Kier alpha value is -3.00. The lowest BCUT2D eigenvalue weighted by molar-refractivity contribution is 0.0890. The molecule has 0 aliphatic heterocycles. The van der Waals surface area contributed by atoms with Gasteiger partial charge in [-0.1, -0.05) is 19.9 Å². The van der Waals surface area contributed by atoms with Crippen LogP contribution < -0.4 is 10.1 Å². The second-order valence-electron chi connectivity index (χ2n) is 7.11. The van der Waals surface area contributed by atoms with Crippen LogP contribution in [0.15, 0.2) is 36.5 Å². The average molecular weight is 403 g/mol. The number of amides is 1. The number of nitrogens with zero attached hydrogens (tertiary/aromatic N) is 2. The minimum absolute atomic E-state index is 0.0537. The Morgan fingerprint density at radius 3 is 2.55 bits per heavy atom. The molecular formula is C21H23F2N3O3. The predicted molar refractivity (Wildman–Crippen MR) is 104 cm³/mol. The Morgan fingerprint density at radius 2 is 1.93 bits per heavy atom. The number of carbonyl (C=O) groups excluding carboxylic acids is 1. The monoisotopic (exact) mass is 403 g/mol. The molecule has 2 N–H and O–H groups in total. The number of fused-ring (bicyclic) bond motifs is 1. The number of rotatable bonds is 7. The van der Waals surface area contributed by atoms with Gasteiger partial charge in [0.1, 0.15) is 23.9 Å². The van der Waals surface area contributed by atoms with E-state index in [2.05, 4.69) is 10.3 Å². The molecule has 0 aliphatic carbocycles. The van der Waals surface area contributed by atoms with E-state index in [1.54, 1.807) is 29.7 Å². The first kappa shape index (κ1) is 20.7. The second kappa shape index (κ2) is 8.57. The lowest BCUT2D eigenvalue weighted by Crippen LogP contribution is -2.41. The van der Waals surface area contributed by atoms with Crippen LogP contribution in [0, 0.1) is 24.5 Å². The highest BCUT2D eigenvalue weighted by atomic mass is 19.1. The van der Waals surface area contributed by atoms with Crippen molar-refractivity contribution in [3.8, 4) is 5.75 Å². The van der Waals surface area contributed by atoms with Gasteiger partial charge < -0.3 is 15.2 Å². The smallest absolute Gasteiger partial charge is 0.270 e. The molecule has 1 amide bonds. The molecular weight excluding hydrogens is 380 g/mol. The van der Waals surface area contributed by atoms with Crippen molar-refractivity contribution in [2.45, 2.75) is 33.4 Å². The molecule has 2 heterocycles. The summed E-state index contributed by atoms with van der Waals surface area (Å²) < 4.78 is 34.9. The molecule has 0 spiro atoms. The van der Waals surface area contributed by atoms with E-state index in [4.69, 9.17) is 4.74 Å². The molecule has 6 nitrogen and oxygen atoms in total. The summed E-state index contributed by atoms with van der Waals surface area (Å²) in [6, 6.07) is 6.50. The number of benzene rings is 1. The van der Waals surface area contributed by atoms with Crippen LogP contribution in [0.3, 0.4) is 0 Å². The van der Waals surface area contributed by atoms with Crippen LogP contribution in [0.1, 0.15) is 35.6 Å². The summed E-state index contributed by atoms with van der Waals surface area (Å²) in [5.74, 6) is -1.42. The van der Waals surface area contributed by atoms with Crippen molar-refractivity contribution in [3.05, 3.63) is 65.1 Å². The van der Waals surface area contributed by atoms with Crippen molar-refractivity contribution in [3.63, 3.8) is 0 Å². The van der Waals surface area contributed by atoms with Crippen molar-refractivity contribution in [1.82, 2.24) is 14.7 Å². The van der Waals surface area contributed by atoms with Gasteiger partial charge in [-0.05, 0) is 37.1 Å². The van der Waals surface area contributed by atoms with E-state index in [1.165, 1.54) is 6.07 Å². The van der Waals surface area contributed by atoms with E-state index in [0.29, 0.717) is 22.8 Å². The molecule has 29 heavy (non-hydrogen) atoms. The first-order chi connectivity index (χ1) is 13.8. The van der Waals surface area contributed by atoms with Gasteiger partial charge in [-0.15, -0.1) is 0 Å². The van der Waals surface area contributed by atoms with Crippen LogP contribution in [0.5, 0.6) is 5.75 Å². The molecule has 0 aliphatic rings. The van der Waals surface area contributed by atoms with Crippen LogP contribution in [-0.4, -0.2) is 33.0 Å². The molecule has 0 bridgehead atoms. The zero-order valence-electron chi connectivity index (χ0n) is 16.4. The number of ether oxygens (including phenoxy) is 1. The number of nitrogens with one attached hydrogen (secondary N) is 1. The number of hydrogen-bond donors (Lipinski definition) is 2. The topological polar surface area (TPSA) is 75.9 Å². The minimum Gasteiger partial charge on any atom is -0.485 e. The Balaban J connectivity index is 1.90. The Morgan fingerprint density at radius 1 is 1.24 bits per heavy atom. The fraction of sp³-hybridized carbons (Fsp3) is 0.333. The standard InChI is InChI=1S/C21H23F2N3O3/c1-12(2)17(10-27)25-21(28)19-13(3)24-20-18(8-5-9-26(19)20)29-11-14-15(22)6-4-7-16(14)23/h4-9,12,17,27H,10-11H2,1-3H3,(H,25,28). The molecule has 3 rings (SSSR count). The first-order valence-corrected chi connectivity index (χ1v) is 9.28. The third-order valence-corrected chi connectivity index (χ3v) is 4.76. The van der Waals surface area contributed by atoms with Gasteiger partial charge in [0.15, 0.2) is 11.4 Å². The van der Waals surface area contributed by atoms with E-state index in [-0.39, 0.29) is 30.6 Å². The number of aliphatic hydroxyl groups is 1. The van der Waals surface area contributed by atoms with Crippen LogP contribution >= 0.6 is 0 Å². The molecule has 2 aromatic heterocycles. The van der Waals surface area contributed by atoms with Crippen LogP contribution in [0.4, 0.5) is 8.78 Å².